The molecule has 1 amide bonds. The topological polar surface area (TPSA) is 110 Å². The van der Waals surface area contributed by atoms with E-state index < -0.39 is 4.92 Å². The van der Waals surface area contributed by atoms with E-state index in [1.54, 1.807) is 11.6 Å². The minimum atomic E-state index is -0.480. The molecule has 0 saturated heterocycles. The molecule has 0 unspecified atom stereocenters. The minimum Gasteiger partial charge on any atom is -0.334 e. The van der Waals surface area contributed by atoms with Crippen molar-refractivity contribution in [1.29, 1.82) is 0 Å². The lowest BCUT2D eigenvalue weighted by Gasteiger charge is -2.16. The van der Waals surface area contributed by atoms with Gasteiger partial charge in [0.1, 0.15) is 17.8 Å². The number of hydrogen-bond donors (Lipinski definition) is 1. The smallest absolute Gasteiger partial charge is 0.287 e. The summed E-state index contributed by atoms with van der Waals surface area (Å²) >= 11 is 0. The van der Waals surface area contributed by atoms with Crippen LogP contribution in [-0.4, -0.2) is 42.5 Å². The van der Waals surface area contributed by atoms with Gasteiger partial charge in [-0.3, -0.25) is 20.0 Å². The number of nitro groups is 1. The number of H-pyrrole nitrogens is 1. The van der Waals surface area contributed by atoms with Crippen LogP contribution in [0.25, 0.3) is 0 Å². The molecule has 3 rings (SSSR count). The summed E-state index contributed by atoms with van der Waals surface area (Å²) in [6.07, 6.45) is 4.69. The highest BCUT2D eigenvalue weighted by atomic mass is 16.6. The molecule has 0 radical (unpaired) electrons. The van der Waals surface area contributed by atoms with Gasteiger partial charge in [-0.25, -0.2) is 4.98 Å². The van der Waals surface area contributed by atoms with Gasteiger partial charge in [0, 0.05) is 19.2 Å². The van der Waals surface area contributed by atoms with Crippen molar-refractivity contribution in [2.45, 2.75) is 25.4 Å². The minimum absolute atomic E-state index is 0.0571. The molecule has 2 heterocycles. The largest absolute Gasteiger partial charge is 0.334 e. The zero-order valence-corrected chi connectivity index (χ0v) is 11.4. The first kappa shape index (κ1) is 13.3. The first-order chi connectivity index (χ1) is 10.1. The molecular weight excluding hydrogens is 276 g/mol. The lowest BCUT2D eigenvalue weighted by molar-refractivity contribution is -0.384. The Balaban J connectivity index is 1.84. The quantitative estimate of drug-likeness (QED) is 0.655. The van der Waals surface area contributed by atoms with Crippen LogP contribution in [0.5, 0.6) is 0 Å². The van der Waals surface area contributed by atoms with Crippen molar-refractivity contribution < 1.29 is 9.72 Å². The third-order valence-electron chi connectivity index (χ3n) is 3.40. The van der Waals surface area contributed by atoms with Gasteiger partial charge < -0.3 is 9.47 Å². The number of carbonyl (C=O) groups excluding carboxylic acids is 1. The standard InChI is InChI=1S/C12H14N6O3/c1-16(6-11-13-7-14-15-11)12(19)10-4-9(18(20)21)5-17(10)8-2-3-8/h4-5,7-8H,2-3,6H2,1H3,(H,13,14,15). The zero-order chi connectivity index (χ0) is 15.0. The second-order valence-corrected chi connectivity index (χ2v) is 5.07. The molecule has 0 bridgehead atoms. The fraction of sp³-hybridized carbons (Fsp3) is 0.417. The first-order valence-electron chi connectivity index (χ1n) is 6.52. The molecule has 0 aliphatic heterocycles. The molecule has 1 saturated carbocycles. The van der Waals surface area contributed by atoms with Crippen LogP contribution in [-0.2, 0) is 6.54 Å². The van der Waals surface area contributed by atoms with E-state index in [-0.39, 0.29) is 24.2 Å². The number of nitrogens with one attached hydrogen (secondary N) is 1. The van der Waals surface area contributed by atoms with Gasteiger partial charge >= 0.3 is 0 Å². The molecule has 0 atom stereocenters. The summed E-state index contributed by atoms with van der Waals surface area (Å²) in [7, 11) is 1.63. The maximum atomic E-state index is 12.5. The molecule has 1 fully saturated rings. The highest BCUT2D eigenvalue weighted by Gasteiger charge is 2.31. The summed E-state index contributed by atoms with van der Waals surface area (Å²) in [5.74, 6) is 0.288. The molecule has 1 aliphatic rings. The van der Waals surface area contributed by atoms with E-state index in [1.807, 2.05) is 0 Å². The lowest BCUT2D eigenvalue weighted by Crippen LogP contribution is -2.28. The van der Waals surface area contributed by atoms with Crippen molar-refractivity contribution in [3.63, 3.8) is 0 Å². The maximum Gasteiger partial charge on any atom is 0.287 e. The van der Waals surface area contributed by atoms with Crippen molar-refractivity contribution in [2.24, 2.45) is 0 Å². The number of amides is 1. The summed E-state index contributed by atoms with van der Waals surface area (Å²) in [6, 6.07) is 1.52. The fourth-order valence-corrected chi connectivity index (χ4v) is 2.19. The molecule has 21 heavy (non-hydrogen) atoms. The van der Waals surface area contributed by atoms with Crippen LogP contribution in [0.1, 0.15) is 35.2 Å². The van der Waals surface area contributed by atoms with Gasteiger partial charge in [0.05, 0.1) is 17.7 Å². The van der Waals surface area contributed by atoms with Gasteiger partial charge in [-0.1, -0.05) is 0 Å². The number of carbonyl (C=O) groups is 1. The molecule has 110 valence electrons. The fourth-order valence-electron chi connectivity index (χ4n) is 2.19. The van der Waals surface area contributed by atoms with Crippen molar-refractivity contribution in [1.82, 2.24) is 24.6 Å². The molecule has 9 heteroatoms. The summed E-state index contributed by atoms with van der Waals surface area (Å²) in [6.45, 7) is 0.266. The van der Waals surface area contributed by atoms with Crippen LogP contribution < -0.4 is 0 Å². The van der Waals surface area contributed by atoms with Crippen LogP contribution >= 0.6 is 0 Å². The summed E-state index contributed by atoms with van der Waals surface area (Å²) < 4.78 is 1.71. The van der Waals surface area contributed by atoms with Gasteiger partial charge in [0.15, 0.2) is 0 Å². The Hall–Kier alpha value is -2.71. The third kappa shape index (κ3) is 2.62. The third-order valence-corrected chi connectivity index (χ3v) is 3.40. The van der Waals surface area contributed by atoms with E-state index in [2.05, 4.69) is 15.2 Å². The average molecular weight is 290 g/mol. The van der Waals surface area contributed by atoms with Crippen molar-refractivity contribution in [3.05, 3.63) is 40.2 Å². The van der Waals surface area contributed by atoms with E-state index in [0.29, 0.717) is 11.5 Å². The molecule has 2 aromatic heterocycles. The van der Waals surface area contributed by atoms with Gasteiger partial charge in [0.2, 0.25) is 0 Å². The Morgan fingerprint density at radius 3 is 2.95 bits per heavy atom. The van der Waals surface area contributed by atoms with E-state index >= 15 is 0 Å². The van der Waals surface area contributed by atoms with E-state index in [1.165, 1.54) is 23.5 Å². The molecular formula is C12H14N6O3. The molecule has 2 aromatic rings. The Labute approximate surface area is 119 Å². The van der Waals surface area contributed by atoms with Crippen LogP contribution in [0, 0.1) is 10.1 Å². The number of aromatic nitrogens is 4. The Morgan fingerprint density at radius 2 is 2.38 bits per heavy atom. The normalized spacial score (nSPS) is 14.1. The Kier molecular flexibility index (Phi) is 3.16. The van der Waals surface area contributed by atoms with Gasteiger partial charge in [-0.15, -0.1) is 0 Å². The molecule has 0 aromatic carbocycles. The second-order valence-electron chi connectivity index (χ2n) is 5.07. The number of aromatic amines is 1. The van der Waals surface area contributed by atoms with Gasteiger partial charge in [0.25, 0.3) is 11.6 Å². The van der Waals surface area contributed by atoms with Gasteiger partial charge in [-0.2, -0.15) is 5.10 Å². The number of nitrogens with zero attached hydrogens (tertiary/aromatic N) is 5. The second kappa shape index (κ2) is 5.00. The summed E-state index contributed by atoms with van der Waals surface area (Å²) in [5.41, 5.74) is 0.282. The lowest BCUT2D eigenvalue weighted by atomic mass is 10.3. The van der Waals surface area contributed by atoms with E-state index in [9.17, 15) is 14.9 Å². The number of rotatable bonds is 5. The summed E-state index contributed by atoms with van der Waals surface area (Å²) in [4.78, 5) is 28.3. The Morgan fingerprint density at radius 1 is 1.62 bits per heavy atom. The van der Waals surface area contributed by atoms with E-state index in [4.69, 9.17) is 0 Å². The first-order valence-corrected chi connectivity index (χ1v) is 6.52. The molecule has 9 nitrogen and oxygen atoms in total. The maximum absolute atomic E-state index is 12.5. The van der Waals surface area contributed by atoms with E-state index in [0.717, 1.165) is 12.8 Å². The van der Waals surface area contributed by atoms with Crippen LogP contribution in [0.2, 0.25) is 0 Å². The molecule has 1 aliphatic carbocycles. The zero-order valence-electron chi connectivity index (χ0n) is 11.4. The highest BCUT2D eigenvalue weighted by molar-refractivity contribution is 5.93. The van der Waals surface area contributed by atoms with Crippen LogP contribution in [0.3, 0.4) is 0 Å². The number of hydrogen-bond acceptors (Lipinski definition) is 5. The predicted molar refractivity (Wildman–Crippen MR) is 71.5 cm³/mol. The summed E-state index contributed by atoms with van der Waals surface area (Å²) in [5, 5.41) is 17.3. The average Bonchev–Trinajstić information content (AvgIpc) is 3.00. The van der Waals surface area contributed by atoms with Gasteiger partial charge in [-0.05, 0) is 12.8 Å². The molecule has 0 spiro atoms. The van der Waals surface area contributed by atoms with Crippen LogP contribution in [0.15, 0.2) is 18.6 Å². The van der Waals surface area contributed by atoms with Crippen LogP contribution in [0.4, 0.5) is 5.69 Å². The Bertz CT molecular complexity index is 673. The monoisotopic (exact) mass is 290 g/mol. The van der Waals surface area contributed by atoms with Crippen molar-refractivity contribution >= 4 is 11.6 Å². The SMILES string of the molecule is CN(Cc1ncn[nH]1)C(=O)c1cc([N+](=O)[O-])cn1C1CC1. The predicted octanol–water partition coefficient (Wildman–Crippen LogP) is 1.12. The highest BCUT2D eigenvalue weighted by Crippen LogP contribution is 2.38. The van der Waals surface area contributed by atoms with Crippen molar-refractivity contribution in [2.75, 3.05) is 7.05 Å². The van der Waals surface area contributed by atoms with Crippen molar-refractivity contribution in [3.8, 4) is 0 Å². The molecule has 1 N–H and O–H groups in total.